The molecule has 2 atom stereocenters. The summed E-state index contributed by atoms with van der Waals surface area (Å²) in [6.07, 6.45) is 4.87. The van der Waals surface area contributed by atoms with Gasteiger partial charge >= 0.3 is 0 Å². The Balaban J connectivity index is 1.32. The first-order chi connectivity index (χ1) is 14.9. The van der Waals surface area contributed by atoms with E-state index >= 15 is 0 Å². The summed E-state index contributed by atoms with van der Waals surface area (Å²) in [5, 5.41) is 2.69. The van der Waals surface area contributed by atoms with Crippen LogP contribution in [-0.2, 0) is 35.7 Å². The van der Waals surface area contributed by atoms with Gasteiger partial charge in [-0.1, -0.05) is 24.3 Å². The van der Waals surface area contributed by atoms with E-state index in [1.54, 1.807) is 12.1 Å². The number of nitrogens with zero attached hydrogens (tertiary/aromatic N) is 2. The van der Waals surface area contributed by atoms with Crippen LogP contribution in [0.25, 0.3) is 0 Å². The Morgan fingerprint density at radius 2 is 1.58 bits per heavy atom. The number of allylic oxidation sites excluding steroid dienone is 2. The van der Waals surface area contributed by atoms with Crippen LogP contribution in [0.15, 0.2) is 41.3 Å². The zero-order valence-corrected chi connectivity index (χ0v) is 17.8. The molecule has 0 spiro atoms. The zero-order chi connectivity index (χ0) is 22.0. The molecule has 3 aliphatic rings. The maximum atomic E-state index is 12.7. The molecule has 2 saturated heterocycles. The first-order valence-corrected chi connectivity index (χ1v) is 11.8. The normalized spacial score (nSPS) is 24.3. The molecule has 0 bridgehead atoms. The van der Waals surface area contributed by atoms with Gasteiger partial charge in [0.15, 0.2) is 0 Å². The molecule has 2 heterocycles. The molecule has 0 saturated carbocycles. The Morgan fingerprint density at radius 3 is 2.16 bits per heavy atom. The number of morpholine rings is 1. The van der Waals surface area contributed by atoms with E-state index in [9.17, 15) is 22.8 Å². The number of carbonyl (C=O) groups excluding carboxylic acids is 3. The second kappa shape index (κ2) is 8.89. The van der Waals surface area contributed by atoms with Gasteiger partial charge in [0.25, 0.3) is 0 Å². The number of carbonyl (C=O) groups is 3. The quantitative estimate of drug-likeness (QED) is 0.495. The molecule has 9 nitrogen and oxygen atoms in total. The van der Waals surface area contributed by atoms with Crippen molar-refractivity contribution < 1.29 is 27.5 Å². The number of hydrogen-bond acceptors (Lipinski definition) is 6. The van der Waals surface area contributed by atoms with Crippen LogP contribution in [0.1, 0.15) is 18.4 Å². The summed E-state index contributed by atoms with van der Waals surface area (Å²) in [4.78, 5) is 38.4. The molecule has 0 aromatic heterocycles. The van der Waals surface area contributed by atoms with Gasteiger partial charge in [0.2, 0.25) is 27.7 Å². The second-order valence-corrected chi connectivity index (χ2v) is 9.79. The summed E-state index contributed by atoms with van der Waals surface area (Å²) in [5.41, 5.74) is 0.714. The minimum Gasteiger partial charge on any atom is -0.379 e. The smallest absolute Gasteiger partial charge is 0.243 e. The summed E-state index contributed by atoms with van der Waals surface area (Å²) in [6.45, 7) is 1.28. The highest BCUT2D eigenvalue weighted by atomic mass is 32.2. The van der Waals surface area contributed by atoms with Gasteiger partial charge in [-0.05, 0) is 30.5 Å². The average molecular weight is 448 g/mol. The fourth-order valence-corrected chi connectivity index (χ4v) is 5.55. The van der Waals surface area contributed by atoms with Gasteiger partial charge in [-0.3, -0.25) is 19.3 Å². The summed E-state index contributed by atoms with van der Waals surface area (Å²) >= 11 is 0. The van der Waals surface area contributed by atoms with E-state index < -0.39 is 15.9 Å². The van der Waals surface area contributed by atoms with Crippen LogP contribution in [0, 0.1) is 11.8 Å². The van der Waals surface area contributed by atoms with Crippen LogP contribution >= 0.6 is 0 Å². The van der Waals surface area contributed by atoms with Crippen LogP contribution in [0.4, 0.5) is 0 Å². The molecule has 2 unspecified atom stereocenters. The molecule has 1 aromatic rings. The monoisotopic (exact) mass is 447 g/mol. The molecule has 1 N–H and O–H groups in total. The largest absolute Gasteiger partial charge is 0.379 e. The van der Waals surface area contributed by atoms with Gasteiger partial charge in [-0.15, -0.1) is 0 Å². The summed E-state index contributed by atoms with van der Waals surface area (Å²) in [7, 11) is -3.57. The molecule has 10 heteroatoms. The maximum Gasteiger partial charge on any atom is 0.243 e. The number of ether oxygens (including phenoxy) is 1. The molecular formula is C21H25N3O6S. The molecule has 4 rings (SSSR count). The van der Waals surface area contributed by atoms with Crippen molar-refractivity contribution in [3.05, 3.63) is 42.0 Å². The Morgan fingerprint density at radius 1 is 1.00 bits per heavy atom. The number of imide groups is 1. The summed E-state index contributed by atoms with van der Waals surface area (Å²) in [6, 6.07) is 6.30. The lowest BCUT2D eigenvalue weighted by atomic mass is 9.85. The van der Waals surface area contributed by atoms with Crippen molar-refractivity contribution in [3.8, 4) is 0 Å². The number of fused-ring (bicyclic) bond motifs is 1. The van der Waals surface area contributed by atoms with E-state index in [1.807, 2.05) is 12.2 Å². The Bertz CT molecular complexity index is 972. The van der Waals surface area contributed by atoms with Crippen molar-refractivity contribution in [2.45, 2.75) is 24.3 Å². The van der Waals surface area contributed by atoms with Crippen molar-refractivity contribution >= 4 is 27.7 Å². The van der Waals surface area contributed by atoms with Gasteiger partial charge in [-0.25, -0.2) is 8.42 Å². The molecule has 1 aromatic carbocycles. The number of rotatable bonds is 6. The SMILES string of the molecule is O=C(CN1C(=O)C2CC=CCC2C1=O)NCc1ccc(S(=O)(=O)N2CCOCC2)cc1. The third-order valence-corrected chi connectivity index (χ3v) is 7.83. The molecular weight excluding hydrogens is 422 g/mol. The Kier molecular flexibility index (Phi) is 6.22. The molecule has 1 aliphatic carbocycles. The van der Waals surface area contributed by atoms with Crippen LogP contribution in [0.5, 0.6) is 0 Å². The predicted molar refractivity (Wildman–Crippen MR) is 110 cm³/mol. The Hall–Kier alpha value is -2.56. The van der Waals surface area contributed by atoms with Gasteiger partial charge in [0.1, 0.15) is 6.54 Å². The molecule has 2 fully saturated rings. The molecule has 2 aliphatic heterocycles. The Labute approximate surface area is 181 Å². The van der Waals surface area contributed by atoms with E-state index in [2.05, 4.69) is 5.32 Å². The molecule has 31 heavy (non-hydrogen) atoms. The number of amides is 3. The van der Waals surface area contributed by atoms with E-state index in [4.69, 9.17) is 4.74 Å². The number of nitrogens with one attached hydrogen (secondary N) is 1. The maximum absolute atomic E-state index is 12.7. The van der Waals surface area contributed by atoms with Crippen LogP contribution in [-0.4, -0.2) is 68.2 Å². The van der Waals surface area contributed by atoms with Gasteiger partial charge in [-0.2, -0.15) is 4.31 Å². The van der Waals surface area contributed by atoms with Crippen molar-refractivity contribution in [2.75, 3.05) is 32.8 Å². The number of hydrogen-bond donors (Lipinski definition) is 1. The van der Waals surface area contributed by atoms with E-state index in [-0.39, 0.29) is 41.6 Å². The first-order valence-electron chi connectivity index (χ1n) is 10.3. The van der Waals surface area contributed by atoms with Crippen molar-refractivity contribution in [2.24, 2.45) is 11.8 Å². The van der Waals surface area contributed by atoms with E-state index in [0.29, 0.717) is 44.7 Å². The van der Waals surface area contributed by atoms with E-state index in [0.717, 1.165) is 4.90 Å². The lowest BCUT2D eigenvalue weighted by Gasteiger charge is -2.26. The van der Waals surface area contributed by atoms with Gasteiger partial charge in [0.05, 0.1) is 29.9 Å². The minimum absolute atomic E-state index is 0.168. The fraction of sp³-hybridized carbons (Fsp3) is 0.476. The van der Waals surface area contributed by atoms with Gasteiger partial charge < -0.3 is 10.1 Å². The summed E-state index contributed by atoms with van der Waals surface area (Å²) in [5.74, 6) is -1.71. The van der Waals surface area contributed by atoms with E-state index in [1.165, 1.54) is 16.4 Å². The van der Waals surface area contributed by atoms with Crippen LogP contribution in [0.3, 0.4) is 0 Å². The fourth-order valence-electron chi connectivity index (χ4n) is 4.14. The highest BCUT2D eigenvalue weighted by molar-refractivity contribution is 7.89. The van der Waals surface area contributed by atoms with Crippen molar-refractivity contribution in [1.82, 2.24) is 14.5 Å². The predicted octanol–water partition coefficient (Wildman–Crippen LogP) is 0.275. The van der Waals surface area contributed by atoms with Crippen molar-refractivity contribution in [1.29, 1.82) is 0 Å². The highest BCUT2D eigenvalue weighted by Gasteiger charge is 2.47. The third-order valence-electron chi connectivity index (χ3n) is 5.92. The second-order valence-electron chi connectivity index (χ2n) is 7.86. The average Bonchev–Trinajstić information content (AvgIpc) is 3.03. The van der Waals surface area contributed by atoms with Crippen LogP contribution < -0.4 is 5.32 Å². The van der Waals surface area contributed by atoms with Gasteiger partial charge in [0, 0.05) is 19.6 Å². The van der Waals surface area contributed by atoms with Crippen molar-refractivity contribution in [3.63, 3.8) is 0 Å². The lowest BCUT2D eigenvalue weighted by Crippen LogP contribution is -2.41. The molecule has 166 valence electrons. The topological polar surface area (TPSA) is 113 Å². The number of benzene rings is 1. The first kappa shape index (κ1) is 21.7. The number of likely N-dealkylation sites (tertiary alicyclic amines) is 1. The lowest BCUT2D eigenvalue weighted by molar-refractivity contribution is -0.143. The van der Waals surface area contributed by atoms with Crippen LogP contribution in [0.2, 0.25) is 0 Å². The zero-order valence-electron chi connectivity index (χ0n) is 17.0. The number of sulfonamides is 1. The standard InChI is InChI=1S/C21H25N3O6S/c25-19(14-24-20(26)17-3-1-2-4-18(17)21(24)27)22-13-15-5-7-16(8-6-15)31(28,29)23-9-11-30-12-10-23/h1-2,5-8,17-18H,3-4,9-14H2,(H,22,25). The minimum atomic E-state index is -3.57. The highest BCUT2D eigenvalue weighted by Crippen LogP contribution is 2.34. The third kappa shape index (κ3) is 4.41. The molecule has 3 amide bonds. The molecule has 0 radical (unpaired) electrons. The summed E-state index contributed by atoms with van der Waals surface area (Å²) < 4.78 is 31.9.